The first-order valence-corrected chi connectivity index (χ1v) is 11.5. The maximum Gasteiger partial charge on any atom is 0.235 e. The highest BCUT2D eigenvalue weighted by Gasteiger charge is 2.21. The fourth-order valence-electron chi connectivity index (χ4n) is 2.93. The topological polar surface area (TPSA) is 66.5 Å². The second-order valence-corrected chi connectivity index (χ2v) is 9.10. The Hall–Kier alpha value is -1.89. The third-order valence-electron chi connectivity index (χ3n) is 4.63. The van der Waals surface area contributed by atoms with Gasteiger partial charge in [-0.2, -0.15) is 4.31 Å². The molecule has 2 rings (SSSR count). The van der Waals surface area contributed by atoms with Crippen LogP contribution in [-0.4, -0.2) is 31.4 Å². The van der Waals surface area contributed by atoms with Gasteiger partial charge in [0.25, 0.3) is 0 Å². The number of carbonyl (C=O) groups is 1. The van der Waals surface area contributed by atoms with Gasteiger partial charge in [-0.15, -0.1) is 0 Å². The van der Waals surface area contributed by atoms with E-state index in [-0.39, 0.29) is 19.0 Å². The molecular formula is C21H27ClN2O3S. The van der Waals surface area contributed by atoms with Gasteiger partial charge >= 0.3 is 0 Å². The van der Waals surface area contributed by atoms with E-state index < -0.39 is 10.0 Å². The molecule has 5 nitrogen and oxygen atoms in total. The molecule has 0 atom stereocenters. The highest BCUT2D eigenvalue weighted by atomic mass is 35.5. The van der Waals surface area contributed by atoms with Crippen LogP contribution in [0.25, 0.3) is 0 Å². The van der Waals surface area contributed by atoms with Gasteiger partial charge in [0.15, 0.2) is 0 Å². The molecule has 7 heteroatoms. The highest BCUT2D eigenvalue weighted by Crippen LogP contribution is 2.18. The predicted octanol–water partition coefficient (Wildman–Crippen LogP) is 3.54. The fraction of sp³-hybridized carbons (Fsp3) is 0.381. The number of halogens is 1. The molecule has 1 amide bonds. The lowest BCUT2D eigenvalue weighted by molar-refractivity contribution is -0.121. The molecule has 0 aromatic heterocycles. The maximum atomic E-state index is 12.5. The van der Waals surface area contributed by atoms with E-state index in [2.05, 4.69) is 37.4 Å². The van der Waals surface area contributed by atoms with Crippen LogP contribution >= 0.6 is 11.6 Å². The Morgan fingerprint density at radius 2 is 1.75 bits per heavy atom. The number of carbonyl (C=O) groups excluding carboxylic acids is 1. The van der Waals surface area contributed by atoms with Crippen LogP contribution in [0.2, 0.25) is 5.02 Å². The van der Waals surface area contributed by atoms with E-state index >= 15 is 0 Å². The average Bonchev–Trinajstić information content (AvgIpc) is 2.66. The lowest BCUT2D eigenvalue weighted by atomic mass is 10.0. The molecule has 0 saturated carbocycles. The van der Waals surface area contributed by atoms with Gasteiger partial charge in [-0.1, -0.05) is 61.8 Å². The van der Waals surface area contributed by atoms with Crippen molar-refractivity contribution in [1.29, 1.82) is 0 Å². The number of amides is 1. The van der Waals surface area contributed by atoms with Crippen molar-refractivity contribution >= 4 is 27.5 Å². The SMILES string of the molecule is CCc1ccc(CC)c(CNC(=O)CN(Cc2ccccc2Cl)S(C)(=O)=O)c1. The minimum atomic E-state index is -3.57. The van der Waals surface area contributed by atoms with Gasteiger partial charge in [0.2, 0.25) is 15.9 Å². The summed E-state index contributed by atoms with van der Waals surface area (Å²) in [6.45, 7) is 4.33. The van der Waals surface area contributed by atoms with Gasteiger partial charge in [-0.3, -0.25) is 4.79 Å². The van der Waals surface area contributed by atoms with Crippen molar-refractivity contribution in [3.05, 3.63) is 69.7 Å². The fourth-order valence-corrected chi connectivity index (χ4v) is 3.85. The zero-order valence-corrected chi connectivity index (χ0v) is 18.1. The zero-order chi connectivity index (χ0) is 20.7. The van der Waals surface area contributed by atoms with E-state index in [1.807, 2.05) is 0 Å². The summed E-state index contributed by atoms with van der Waals surface area (Å²) in [5.74, 6) is -0.346. The molecule has 2 aromatic carbocycles. The summed E-state index contributed by atoms with van der Waals surface area (Å²) < 4.78 is 25.4. The Labute approximate surface area is 172 Å². The van der Waals surface area contributed by atoms with Crippen LogP contribution in [0.15, 0.2) is 42.5 Å². The average molecular weight is 423 g/mol. The van der Waals surface area contributed by atoms with Crippen molar-refractivity contribution in [3.63, 3.8) is 0 Å². The maximum absolute atomic E-state index is 12.5. The molecule has 0 fully saturated rings. The summed E-state index contributed by atoms with van der Waals surface area (Å²) >= 11 is 6.14. The molecule has 28 heavy (non-hydrogen) atoms. The number of sulfonamides is 1. The first kappa shape index (κ1) is 22.4. The molecule has 0 heterocycles. The molecule has 0 aliphatic rings. The quantitative estimate of drug-likeness (QED) is 0.672. The zero-order valence-electron chi connectivity index (χ0n) is 16.5. The molecule has 1 N–H and O–H groups in total. The number of nitrogens with one attached hydrogen (secondary N) is 1. The van der Waals surface area contributed by atoms with Crippen LogP contribution < -0.4 is 5.32 Å². The van der Waals surface area contributed by atoms with Crippen LogP contribution in [0.5, 0.6) is 0 Å². The Morgan fingerprint density at radius 3 is 2.36 bits per heavy atom. The first-order valence-electron chi connectivity index (χ1n) is 9.30. The molecule has 0 spiro atoms. The minimum absolute atomic E-state index is 0.0530. The van der Waals surface area contributed by atoms with E-state index in [0.29, 0.717) is 17.1 Å². The third kappa shape index (κ3) is 6.33. The van der Waals surface area contributed by atoms with Gasteiger partial charge < -0.3 is 5.32 Å². The molecule has 0 saturated heterocycles. The highest BCUT2D eigenvalue weighted by molar-refractivity contribution is 7.88. The Kier molecular flexibility index (Phi) is 8.04. The molecule has 152 valence electrons. The van der Waals surface area contributed by atoms with E-state index in [0.717, 1.165) is 29.0 Å². The molecule has 0 unspecified atom stereocenters. The second-order valence-electron chi connectivity index (χ2n) is 6.71. The largest absolute Gasteiger partial charge is 0.351 e. The monoisotopic (exact) mass is 422 g/mol. The number of rotatable bonds is 9. The number of nitrogens with zero attached hydrogens (tertiary/aromatic N) is 1. The Bertz CT molecular complexity index is 929. The van der Waals surface area contributed by atoms with E-state index in [4.69, 9.17) is 11.6 Å². The smallest absolute Gasteiger partial charge is 0.235 e. The standard InChI is InChI=1S/C21H27ClN2O3S/c1-4-16-10-11-17(5-2)19(12-16)13-23-21(25)15-24(28(3,26)27)14-18-8-6-7-9-20(18)22/h6-12H,4-5,13-15H2,1-3H3,(H,23,25). The predicted molar refractivity (Wildman–Crippen MR) is 114 cm³/mol. The van der Waals surface area contributed by atoms with Crippen molar-refractivity contribution < 1.29 is 13.2 Å². The Balaban J connectivity index is 2.07. The molecule has 2 aromatic rings. The van der Waals surface area contributed by atoms with Crippen molar-refractivity contribution in [2.75, 3.05) is 12.8 Å². The summed E-state index contributed by atoms with van der Waals surface area (Å²) in [4.78, 5) is 12.5. The summed E-state index contributed by atoms with van der Waals surface area (Å²) in [5, 5.41) is 3.32. The summed E-state index contributed by atoms with van der Waals surface area (Å²) in [6, 6.07) is 13.3. The molecule has 0 radical (unpaired) electrons. The van der Waals surface area contributed by atoms with Crippen molar-refractivity contribution in [2.24, 2.45) is 0 Å². The molecule has 0 bridgehead atoms. The van der Waals surface area contributed by atoms with Gasteiger partial charge in [0.1, 0.15) is 0 Å². The van der Waals surface area contributed by atoms with Gasteiger partial charge in [0.05, 0.1) is 12.8 Å². The van der Waals surface area contributed by atoms with Crippen LogP contribution in [0.1, 0.15) is 36.1 Å². The number of hydrogen-bond acceptors (Lipinski definition) is 3. The molecule has 0 aliphatic carbocycles. The summed E-state index contributed by atoms with van der Waals surface area (Å²) in [6.07, 6.45) is 2.89. The summed E-state index contributed by atoms with van der Waals surface area (Å²) in [5.41, 5.74) is 4.10. The van der Waals surface area contributed by atoms with Gasteiger partial charge in [0, 0.05) is 18.1 Å². The number of benzene rings is 2. The molecule has 0 aliphatic heterocycles. The summed E-state index contributed by atoms with van der Waals surface area (Å²) in [7, 11) is -3.57. The van der Waals surface area contributed by atoms with Crippen LogP contribution in [0.4, 0.5) is 0 Å². The van der Waals surface area contributed by atoms with Crippen molar-refractivity contribution in [2.45, 2.75) is 39.8 Å². The van der Waals surface area contributed by atoms with Crippen LogP contribution in [0.3, 0.4) is 0 Å². The minimum Gasteiger partial charge on any atom is -0.351 e. The van der Waals surface area contributed by atoms with Crippen LogP contribution in [0, 0.1) is 0 Å². The van der Waals surface area contributed by atoms with Gasteiger partial charge in [-0.25, -0.2) is 8.42 Å². The third-order valence-corrected chi connectivity index (χ3v) is 6.19. The van der Waals surface area contributed by atoms with E-state index in [9.17, 15) is 13.2 Å². The van der Waals surface area contributed by atoms with Crippen molar-refractivity contribution in [1.82, 2.24) is 9.62 Å². The number of hydrogen-bond donors (Lipinski definition) is 1. The lowest BCUT2D eigenvalue weighted by Crippen LogP contribution is -2.39. The first-order chi connectivity index (χ1) is 13.2. The second kappa shape index (κ2) is 10.0. The lowest BCUT2D eigenvalue weighted by Gasteiger charge is -2.20. The normalized spacial score (nSPS) is 11.6. The Morgan fingerprint density at radius 1 is 1.04 bits per heavy atom. The van der Waals surface area contributed by atoms with Crippen LogP contribution in [-0.2, 0) is 40.7 Å². The number of aryl methyl sites for hydroxylation is 2. The van der Waals surface area contributed by atoms with Crippen molar-refractivity contribution in [3.8, 4) is 0 Å². The molecular weight excluding hydrogens is 396 g/mol. The van der Waals surface area contributed by atoms with E-state index in [1.165, 1.54) is 11.1 Å². The van der Waals surface area contributed by atoms with E-state index in [1.54, 1.807) is 24.3 Å². The van der Waals surface area contributed by atoms with Gasteiger partial charge in [-0.05, 0) is 41.2 Å².